The maximum atomic E-state index is 12.4. The average molecular weight is 315 g/mol. The molecule has 1 aliphatic rings. The van der Waals surface area contributed by atoms with E-state index in [1.807, 2.05) is 23.1 Å². The summed E-state index contributed by atoms with van der Waals surface area (Å²) in [5.74, 6) is 0.712. The van der Waals surface area contributed by atoms with Crippen LogP contribution in [-0.2, 0) is 5.41 Å². The number of anilines is 1. The van der Waals surface area contributed by atoms with Crippen molar-refractivity contribution in [3.63, 3.8) is 0 Å². The molecule has 0 saturated carbocycles. The van der Waals surface area contributed by atoms with E-state index in [0.29, 0.717) is 5.89 Å². The minimum Gasteiger partial charge on any atom is -0.440 e. The van der Waals surface area contributed by atoms with Gasteiger partial charge in [0.25, 0.3) is 0 Å². The molecule has 0 spiro atoms. The van der Waals surface area contributed by atoms with Crippen molar-refractivity contribution in [2.45, 2.75) is 51.9 Å². The molecule has 1 aromatic carbocycles. The van der Waals surface area contributed by atoms with Gasteiger partial charge in [-0.05, 0) is 31.0 Å². The molecule has 0 aliphatic carbocycles. The molecule has 1 aliphatic heterocycles. The second kappa shape index (κ2) is 6.22. The van der Waals surface area contributed by atoms with Gasteiger partial charge in [0.1, 0.15) is 5.52 Å². The number of benzene rings is 1. The number of amides is 2. The van der Waals surface area contributed by atoms with Crippen molar-refractivity contribution in [2.24, 2.45) is 0 Å². The number of fused-ring (bicyclic) bond motifs is 1. The van der Waals surface area contributed by atoms with Crippen LogP contribution >= 0.6 is 0 Å². The van der Waals surface area contributed by atoms with E-state index in [1.165, 1.54) is 12.8 Å². The molecule has 23 heavy (non-hydrogen) atoms. The highest BCUT2D eigenvalue weighted by Gasteiger charge is 2.21. The van der Waals surface area contributed by atoms with E-state index in [4.69, 9.17) is 4.42 Å². The fraction of sp³-hybridized carbons (Fsp3) is 0.556. The van der Waals surface area contributed by atoms with E-state index in [9.17, 15) is 4.79 Å². The van der Waals surface area contributed by atoms with Crippen molar-refractivity contribution in [3.05, 3.63) is 24.1 Å². The van der Waals surface area contributed by atoms with Crippen LogP contribution in [0.1, 0.15) is 52.3 Å². The Morgan fingerprint density at radius 1 is 1.17 bits per heavy atom. The van der Waals surface area contributed by atoms with Crippen LogP contribution in [-0.4, -0.2) is 29.0 Å². The Morgan fingerprint density at radius 3 is 2.52 bits per heavy atom. The van der Waals surface area contributed by atoms with Crippen molar-refractivity contribution in [2.75, 3.05) is 18.4 Å². The normalized spacial score (nSPS) is 16.4. The smallest absolute Gasteiger partial charge is 0.321 e. The molecule has 0 unspecified atom stereocenters. The second-order valence-corrected chi connectivity index (χ2v) is 7.28. The van der Waals surface area contributed by atoms with E-state index in [1.54, 1.807) is 0 Å². The van der Waals surface area contributed by atoms with Gasteiger partial charge in [0, 0.05) is 24.2 Å². The first kappa shape index (κ1) is 15.8. The summed E-state index contributed by atoms with van der Waals surface area (Å²) in [6.45, 7) is 7.89. The molecule has 0 radical (unpaired) electrons. The Labute approximate surface area is 137 Å². The van der Waals surface area contributed by atoms with Gasteiger partial charge >= 0.3 is 6.03 Å². The molecular formula is C18H25N3O2. The van der Waals surface area contributed by atoms with Crippen molar-refractivity contribution >= 4 is 22.8 Å². The summed E-state index contributed by atoms with van der Waals surface area (Å²) in [5, 5.41) is 2.98. The minimum atomic E-state index is -0.130. The van der Waals surface area contributed by atoms with E-state index in [-0.39, 0.29) is 11.4 Å². The number of urea groups is 1. The van der Waals surface area contributed by atoms with Crippen LogP contribution in [0.15, 0.2) is 22.6 Å². The average Bonchev–Trinajstić information content (AvgIpc) is 2.74. The highest BCUT2D eigenvalue weighted by molar-refractivity contribution is 5.91. The van der Waals surface area contributed by atoms with Gasteiger partial charge in [-0.15, -0.1) is 0 Å². The number of rotatable bonds is 1. The lowest BCUT2D eigenvalue weighted by molar-refractivity contribution is 0.214. The second-order valence-electron chi connectivity index (χ2n) is 7.28. The monoisotopic (exact) mass is 315 g/mol. The number of oxazole rings is 1. The number of hydrogen-bond donors (Lipinski definition) is 1. The molecule has 2 heterocycles. The third kappa shape index (κ3) is 3.66. The summed E-state index contributed by atoms with van der Waals surface area (Å²) < 4.78 is 5.79. The Balaban J connectivity index is 1.76. The van der Waals surface area contributed by atoms with Gasteiger partial charge in [-0.1, -0.05) is 33.6 Å². The molecule has 5 heteroatoms. The number of nitrogens with one attached hydrogen (secondary N) is 1. The number of hydrogen-bond acceptors (Lipinski definition) is 3. The third-order valence-electron chi connectivity index (χ3n) is 4.17. The summed E-state index contributed by atoms with van der Waals surface area (Å²) >= 11 is 0. The van der Waals surface area contributed by atoms with Gasteiger partial charge in [0.15, 0.2) is 5.58 Å². The Bertz CT molecular complexity index is 692. The molecule has 1 aromatic heterocycles. The molecule has 124 valence electrons. The number of carbonyl (C=O) groups excluding carboxylic acids is 1. The minimum absolute atomic E-state index is 0.0224. The zero-order valence-electron chi connectivity index (χ0n) is 14.2. The van der Waals surface area contributed by atoms with Crippen LogP contribution in [0.25, 0.3) is 11.1 Å². The van der Waals surface area contributed by atoms with Crippen LogP contribution in [0.5, 0.6) is 0 Å². The van der Waals surface area contributed by atoms with Gasteiger partial charge in [-0.3, -0.25) is 0 Å². The van der Waals surface area contributed by atoms with Gasteiger partial charge in [-0.2, -0.15) is 0 Å². The highest BCUT2D eigenvalue weighted by atomic mass is 16.3. The first-order valence-corrected chi connectivity index (χ1v) is 8.40. The number of likely N-dealkylation sites (tertiary alicyclic amines) is 1. The Morgan fingerprint density at radius 2 is 1.87 bits per heavy atom. The predicted octanol–water partition coefficient (Wildman–Crippen LogP) is 4.53. The highest BCUT2D eigenvalue weighted by Crippen LogP contribution is 2.27. The van der Waals surface area contributed by atoms with Gasteiger partial charge in [0.05, 0.1) is 0 Å². The summed E-state index contributed by atoms with van der Waals surface area (Å²) in [7, 11) is 0. The standard InChI is InChI=1S/C18H25N3O2/c1-18(2,3)16-20-14-12-13(8-9-15(14)23-16)19-17(22)21-10-6-4-5-7-11-21/h8-9,12H,4-7,10-11H2,1-3H3,(H,19,22). The van der Waals surface area contributed by atoms with Crippen molar-refractivity contribution < 1.29 is 9.21 Å². The fourth-order valence-electron chi connectivity index (χ4n) is 2.80. The molecule has 1 N–H and O–H groups in total. The van der Waals surface area contributed by atoms with Crippen molar-refractivity contribution in [1.82, 2.24) is 9.88 Å². The van der Waals surface area contributed by atoms with Gasteiger partial charge in [0.2, 0.25) is 5.89 Å². The zero-order chi connectivity index (χ0) is 16.4. The topological polar surface area (TPSA) is 58.4 Å². The van der Waals surface area contributed by atoms with E-state index >= 15 is 0 Å². The number of nitrogens with zero attached hydrogens (tertiary/aromatic N) is 2. The SMILES string of the molecule is CC(C)(C)c1nc2cc(NC(=O)N3CCCCCC3)ccc2o1. The molecular weight excluding hydrogens is 290 g/mol. The summed E-state index contributed by atoms with van der Waals surface area (Å²) in [5.41, 5.74) is 2.17. The first-order chi connectivity index (χ1) is 10.9. The molecule has 0 bridgehead atoms. The molecule has 3 rings (SSSR count). The molecule has 1 saturated heterocycles. The summed E-state index contributed by atoms with van der Waals surface area (Å²) in [6.07, 6.45) is 4.60. The Hall–Kier alpha value is -2.04. The predicted molar refractivity (Wildman–Crippen MR) is 91.8 cm³/mol. The fourth-order valence-corrected chi connectivity index (χ4v) is 2.80. The van der Waals surface area contributed by atoms with Crippen LogP contribution in [0.3, 0.4) is 0 Å². The largest absolute Gasteiger partial charge is 0.440 e. The molecule has 1 fully saturated rings. The summed E-state index contributed by atoms with van der Waals surface area (Å²) in [6, 6.07) is 5.60. The molecule has 2 aromatic rings. The molecule has 5 nitrogen and oxygen atoms in total. The van der Waals surface area contributed by atoms with E-state index in [2.05, 4.69) is 31.1 Å². The van der Waals surface area contributed by atoms with Crippen LogP contribution in [0.2, 0.25) is 0 Å². The first-order valence-electron chi connectivity index (χ1n) is 8.40. The van der Waals surface area contributed by atoms with Crippen LogP contribution in [0, 0.1) is 0 Å². The quantitative estimate of drug-likeness (QED) is 0.841. The summed E-state index contributed by atoms with van der Waals surface area (Å²) in [4.78, 5) is 18.8. The van der Waals surface area contributed by atoms with E-state index < -0.39 is 0 Å². The van der Waals surface area contributed by atoms with Crippen molar-refractivity contribution in [1.29, 1.82) is 0 Å². The Kier molecular flexibility index (Phi) is 4.28. The maximum absolute atomic E-state index is 12.4. The maximum Gasteiger partial charge on any atom is 0.321 e. The number of aromatic nitrogens is 1. The lowest BCUT2D eigenvalue weighted by atomic mass is 9.97. The lowest BCUT2D eigenvalue weighted by Gasteiger charge is -2.20. The third-order valence-corrected chi connectivity index (χ3v) is 4.17. The zero-order valence-corrected chi connectivity index (χ0v) is 14.2. The van der Waals surface area contributed by atoms with Gasteiger partial charge < -0.3 is 14.6 Å². The lowest BCUT2D eigenvalue weighted by Crippen LogP contribution is -2.35. The van der Waals surface area contributed by atoms with Crippen LogP contribution in [0.4, 0.5) is 10.5 Å². The number of carbonyl (C=O) groups is 1. The van der Waals surface area contributed by atoms with E-state index in [0.717, 1.165) is 42.7 Å². The van der Waals surface area contributed by atoms with Crippen molar-refractivity contribution in [3.8, 4) is 0 Å². The molecule has 2 amide bonds. The molecule has 0 atom stereocenters. The van der Waals surface area contributed by atoms with Crippen LogP contribution < -0.4 is 5.32 Å². The van der Waals surface area contributed by atoms with Gasteiger partial charge in [-0.25, -0.2) is 9.78 Å².